The molecule has 0 aliphatic carbocycles. The molecule has 226 valence electrons. The molecular formula is C30H39F2N7O2S. The number of carbonyl (C=O) groups is 2. The van der Waals surface area contributed by atoms with Crippen LogP contribution >= 0.6 is 11.8 Å². The Morgan fingerprint density at radius 2 is 1.81 bits per heavy atom. The lowest BCUT2D eigenvalue weighted by Crippen LogP contribution is -2.45. The van der Waals surface area contributed by atoms with Gasteiger partial charge in [0.05, 0.1) is 5.75 Å². The summed E-state index contributed by atoms with van der Waals surface area (Å²) in [5, 5.41) is 4.31. The van der Waals surface area contributed by atoms with Gasteiger partial charge >= 0.3 is 0 Å². The molecule has 1 atom stereocenters. The summed E-state index contributed by atoms with van der Waals surface area (Å²) in [5.74, 6) is 4.06. The molecule has 2 aliphatic heterocycles. The number of para-hydroxylation sites is 1. The lowest BCUT2D eigenvalue weighted by Gasteiger charge is -2.31. The number of nitrogens with one attached hydrogen (secondary N) is 1. The van der Waals surface area contributed by atoms with Gasteiger partial charge in [-0.05, 0) is 29.5 Å². The van der Waals surface area contributed by atoms with Crippen molar-refractivity contribution in [2.24, 2.45) is 12.9 Å². The Morgan fingerprint density at radius 1 is 1.14 bits per heavy atom. The molecule has 5 rings (SSSR count). The van der Waals surface area contributed by atoms with E-state index in [1.807, 2.05) is 42.5 Å². The first kappa shape index (κ1) is 31.6. The number of anilines is 1. The Bertz CT molecular complexity index is 1370. The zero-order valence-electron chi connectivity index (χ0n) is 24.5. The van der Waals surface area contributed by atoms with Crippen LogP contribution in [-0.2, 0) is 18.3 Å². The molecule has 3 N–H and O–H groups in total. The number of likely N-dealkylation sites (tertiary alicyclic amines) is 1. The predicted molar refractivity (Wildman–Crippen MR) is 162 cm³/mol. The van der Waals surface area contributed by atoms with Gasteiger partial charge in [0.25, 0.3) is 11.8 Å². The number of nitrogens with zero attached hydrogens (tertiary/aromatic N) is 5. The standard InChI is InChI=1S/C18H22F2N4O.C12H17N3OS/c1-3-4-13-5-7-14(8-6-13)15-21-16(23(2)22-15)17(25)24-11-9-18(19,20)10-12-24;1-8(2)9-5-3-4-6-10(9)15-11(16)7-17-12(15)14-13/h5-8H,3-4,9-12H2,1-2H3;3-6,8,12,14H,7,13H2,1-2H3. The summed E-state index contributed by atoms with van der Waals surface area (Å²) in [7, 11) is 1.65. The molecule has 42 heavy (non-hydrogen) atoms. The Labute approximate surface area is 249 Å². The number of piperidine rings is 1. The Kier molecular flexibility index (Phi) is 10.3. The summed E-state index contributed by atoms with van der Waals surface area (Å²) < 4.78 is 28.0. The minimum atomic E-state index is -2.68. The number of benzene rings is 2. The van der Waals surface area contributed by atoms with Crippen LogP contribution in [0, 0.1) is 0 Å². The second-order valence-corrected chi connectivity index (χ2v) is 11.9. The third-order valence-corrected chi connectivity index (χ3v) is 8.39. The van der Waals surface area contributed by atoms with Crippen molar-refractivity contribution in [1.29, 1.82) is 0 Å². The van der Waals surface area contributed by atoms with E-state index in [4.69, 9.17) is 5.84 Å². The Morgan fingerprint density at radius 3 is 2.43 bits per heavy atom. The van der Waals surface area contributed by atoms with Crippen LogP contribution in [0.1, 0.15) is 67.7 Å². The minimum absolute atomic E-state index is 0.0414. The third kappa shape index (κ3) is 7.34. The number of rotatable bonds is 7. The number of amides is 2. The number of alkyl halides is 2. The summed E-state index contributed by atoms with van der Waals surface area (Å²) in [6, 6.07) is 15.9. The van der Waals surface area contributed by atoms with Gasteiger partial charge in [-0.1, -0.05) is 69.7 Å². The number of aryl methyl sites for hydroxylation is 2. The first-order valence-corrected chi connectivity index (χ1v) is 15.3. The highest BCUT2D eigenvalue weighted by molar-refractivity contribution is 8.01. The van der Waals surface area contributed by atoms with Crippen molar-refractivity contribution in [2.45, 2.75) is 63.8 Å². The molecule has 3 heterocycles. The molecule has 0 saturated carbocycles. The Hall–Kier alpha value is -3.35. The molecule has 0 radical (unpaired) electrons. The van der Waals surface area contributed by atoms with Crippen molar-refractivity contribution >= 4 is 29.3 Å². The quantitative estimate of drug-likeness (QED) is 0.292. The molecule has 2 aromatic carbocycles. The van der Waals surface area contributed by atoms with E-state index in [0.29, 0.717) is 17.5 Å². The highest BCUT2D eigenvalue weighted by atomic mass is 32.2. The monoisotopic (exact) mass is 599 g/mol. The number of nitrogens with two attached hydrogens (primary N) is 1. The number of thioether (sulfide) groups is 1. The molecule has 2 fully saturated rings. The normalized spacial score (nSPS) is 18.3. The van der Waals surface area contributed by atoms with Crippen LogP contribution in [0.2, 0.25) is 0 Å². The number of hydrogen-bond donors (Lipinski definition) is 2. The van der Waals surface area contributed by atoms with Gasteiger partial charge in [-0.2, -0.15) is 5.10 Å². The van der Waals surface area contributed by atoms with Gasteiger partial charge in [0.2, 0.25) is 11.7 Å². The van der Waals surface area contributed by atoms with E-state index < -0.39 is 5.92 Å². The van der Waals surface area contributed by atoms with Gasteiger partial charge < -0.3 is 4.90 Å². The summed E-state index contributed by atoms with van der Waals surface area (Å²) in [6.45, 7) is 6.46. The van der Waals surface area contributed by atoms with Crippen LogP contribution in [0.4, 0.5) is 14.5 Å². The van der Waals surface area contributed by atoms with Crippen LogP contribution in [0.25, 0.3) is 11.4 Å². The molecule has 3 aromatic rings. The first-order valence-electron chi connectivity index (χ1n) is 14.2. The molecule has 12 heteroatoms. The number of hydrazine groups is 1. The van der Waals surface area contributed by atoms with Crippen LogP contribution in [0.15, 0.2) is 48.5 Å². The van der Waals surface area contributed by atoms with Crippen LogP contribution in [0.5, 0.6) is 0 Å². The molecule has 2 aliphatic rings. The van der Waals surface area contributed by atoms with Gasteiger partial charge in [0.1, 0.15) is 5.50 Å². The molecule has 2 saturated heterocycles. The first-order chi connectivity index (χ1) is 20.0. The fraction of sp³-hybridized carbons (Fsp3) is 0.467. The number of halogens is 2. The van der Waals surface area contributed by atoms with Gasteiger partial charge in [0, 0.05) is 44.2 Å². The number of carbonyl (C=O) groups excluding carboxylic acids is 2. The lowest BCUT2D eigenvalue weighted by atomic mass is 10.0. The van der Waals surface area contributed by atoms with Crippen molar-refractivity contribution in [3.8, 4) is 11.4 Å². The van der Waals surface area contributed by atoms with Crippen LogP contribution in [-0.4, -0.2) is 61.7 Å². The van der Waals surface area contributed by atoms with E-state index in [2.05, 4.69) is 42.3 Å². The molecule has 9 nitrogen and oxygen atoms in total. The summed E-state index contributed by atoms with van der Waals surface area (Å²) in [4.78, 5) is 32.0. The maximum absolute atomic E-state index is 13.3. The maximum Gasteiger partial charge on any atom is 0.291 e. The smallest absolute Gasteiger partial charge is 0.291 e. The average Bonchev–Trinajstić information content (AvgIpc) is 3.55. The van der Waals surface area contributed by atoms with E-state index in [1.165, 1.54) is 32.5 Å². The van der Waals surface area contributed by atoms with Crippen molar-refractivity contribution in [2.75, 3.05) is 23.7 Å². The minimum Gasteiger partial charge on any atom is -0.335 e. The van der Waals surface area contributed by atoms with Crippen LogP contribution in [0.3, 0.4) is 0 Å². The fourth-order valence-corrected chi connectivity index (χ4v) is 5.90. The third-order valence-electron chi connectivity index (χ3n) is 7.32. The highest BCUT2D eigenvalue weighted by Gasteiger charge is 2.37. The molecular weight excluding hydrogens is 560 g/mol. The molecule has 0 spiro atoms. The molecule has 1 unspecified atom stereocenters. The predicted octanol–water partition coefficient (Wildman–Crippen LogP) is 4.94. The zero-order chi connectivity index (χ0) is 30.4. The van der Waals surface area contributed by atoms with Gasteiger partial charge in [0.15, 0.2) is 5.82 Å². The summed E-state index contributed by atoms with van der Waals surface area (Å²) in [6.07, 6.45) is 1.48. The van der Waals surface area contributed by atoms with E-state index >= 15 is 0 Å². The average molecular weight is 600 g/mol. The van der Waals surface area contributed by atoms with Crippen molar-refractivity contribution < 1.29 is 18.4 Å². The number of hydrogen-bond acceptors (Lipinski definition) is 7. The van der Waals surface area contributed by atoms with Crippen LogP contribution < -0.4 is 16.2 Å². The fourth-order valence-electron chi connectivity index (χ4n) is 4.98. The lowest BCUT2D eigenvalue weighted by molar-refractivity contribution is -0.115. The van der Waals surface area contributed by atoms with Crippen molar-refractivity contribution in [3.05, 3.63) is 65.5 Å². The highest BCUT2D eigenvalue weighted by Crippen LogP contribution is 2.34. The maximum atomic E-state index is 13.3. The number of aromatic nitrogens is 3. The van der Waals surface area contributed by atoms with E-state index in [9.17, 15) is 18.4 Å². The summed E-state index contributed by atoms with van der Waals surface area (Å²) in [5.41, 5.74) is 6.72. The van der Waals surface area contributed by atoms with Gasteiger partial charge in [-0.25, -0.2) is 23.9 Å². The van der Waals surface area contributed by atoms with E-state index in [-0.39, 0.29) is 49.1 Å². The zero-order valence-corrected chi connectivity index (χ0v) is 25.3. The second-order valence-electron chi connectivity index (χ2n) is 10.8. The van der Waals surface area contributed by atoms with E-state index in [0.717, 1.165) is 24.1 Å². The van der Waals surface area contributed by atoms with Crippen molar-refractivity contribution in [1.82, 2.24) is 25.1 Å². The molecule has 0 bridgehead atoms. The summed E-state index contributed by atoms with van der Waals surface area (Å²) >= 11 is 1.51. The topological polar surface area (TPSA) is 109 Å². The largest absolute Gasteiger partial charge is 0.335 e. The van der Waals surface area contributed by atoms with E-state index in [1.54, 1.807) is 11.9 Å². The van der Waals surface area contributed by atoms with Gasteiger partial charge in [-0.3, -0.25) is 20.3 Å². The molecule has 2 amide bonds. The SMILES string of the molecule is CC(C)c1ccccc1N1C(=O)CSC1NN.CCCc1ccc(-c2nc(C(=O)N3CCC(F)(F)CC3)n(C)n2)cc1. The van der Waals surface area contributed by atoms with Gasteiger partial charge in [-0.15, -0.1) is 11.8 Å². The van der Waals surface area contributed by atoms with Crippen molar-refractivity contribution in [3.63, 3.8) is 0 Å². The molecule has 1 aromatic heterocycles. The second kappa shape index (κ2) is 13.7. The Balaban J connectivity index is 0.000000208.